The van der Waals surface area contributed by atoms with Gasteiger partial charge in [-0.25, -0.2) is 0 Å². The molecule has 1 unspecified atom stereocenters. The van der Waals surface area contributed by atoms with Crippen molar-refractivity contribution in [3.63, 3.8) is 0 Å². The van der Waals surface area contributed by atoms with Crippen LogP contribution in [-0.2, 0) is 4.79 Å². The van der Waals surface area contributed by atoms with E-state index in [0.717, 1.165) is 58.3 Å². The van der Waals surface area contributed by atoms with Gasteiger partial charge in [-0.15, -0.1) is 0 Å². The third-order valence-corrected chi connectivity index (χ3v) is 6.65. The maximum Gasteiger partial charge on any atom is 0.148 e. The first-order valence-corrected chi connectivity index (χ1v) is 13.0. The monoisotopic (exact) mass is 456 g/mol. The molecule has 0 N–H and O–H groups in total. The Morgan fingerprint density at radius 1 is 0.758 bits per heavy atom. The molecular weight excluding hydrogens is 404 g/mol. The Hall–Kier alpha value is -1.45. The maximum atomic E-state index is 12.2. The molecule has 188 valence electrons. The predicted octanol–water partition coefficient (Wildman–Crippen LogP) is 7.51. The maximum absolute atomic E-state index is 12.2. The first-order valence-electron chi connectivity index (χ1n) is 13.0. The molecule has 1 aliphatic rings. The molecule has 0 amide bonds. The summed E-state index contributed by atoms with van der Waals surface area (Å²) in [4.78, 5) is 17.0. The molecule has 0 aromatic carbocycles. The van der Waals surface area contributed by atoms with Crippen molar-refractivity contribution in [1.82, 2.24) is 9.80 Å². The lowest BCUT2D eigenvalue weighted by Crippen LogP contribution is -2.61. The molecule has 33 heavy (non-hydrogen) atoms. The molecule has 0 bridgehead atoms. The summed E-state index contributed by atoms with van der Waals surface area (Å²) in [6.07, 6.45) is 16.4. The van der Waals surface area contributed by atoms with E-state index >= 15 is 0 Å². The molecule has 1 heterocycles. The average molecular weight is 457 g/mol. The minimum Gasteiger partial charge on any atom is -0.298 e. The van der Waals surface area contributed by atoms with Crippen LogP contribution < -0.4 is 0 Å². The molecule has 1 saturated heterocycles. The molecule has 1 aliphatic heterocycles. The summed E-state index contributed by atoms with van der Waals surface area (Å²) in [7, 11) is 0. The van der Waals surface area contributed by atoms with Crippen LogP contribution in [0, 0.1) is 0 Å². The molecule has 0 aliphatic carbocycles. The van der Waals surface area contributed by atoms with Crippen LogP contribution in [0.1, 0.15) is 101 Å². The van der Waals surface area contributed by atoms with Gasteiger partial charge in [-0.2, -0.15) is 0 Å². The number of Topliss-reactive ketones (excluding diaryl/α,β-unsaturated/α-hetero) is 1. The third-order valence-electron chi connectivity index (χ3n) is 6.65. The fourth-order valence-electron chi connectivity index (χ4n) is 4.43. The van der Waals surface area contributed by atoms with Gasteiger partial charge in [0.1, 0.15) is 5.78 Å². The van der Waals surface area contributed by atoms with E-state index in [0.29, 0.717) is 0 Å². The highest BCUT2D eigenvalue weighted by atomic mass is 16.1. The Labute approximate surface area is 205 Å². The van der Waals surface area contributed by atoms with Crippen molar-refractivity contribution in [3.05, 3.63) is 46.6 Å². The largest absolute Gasteiger partial charge is 0.298 e. The summed E-state index contributed by atoms with van der Waals surface area (Å²) in [5.41, 5.74) is 5.91. The van der Waals surface area contributed by atoms with Crippen molar-refractivity contribution in [2.24, 2.45) is 0 Å². The Kier molecular flexibility index (Phi) is 13.2. The molecule has 0 radical (unpaired) electrons. The minimum absolute atomic E-state index is 0.0166. The molecule has 1 fully saturated rings. The van der Waals surface area contributed by atoms with Crippen molar-refractivity contribution in [2.45, 2.75) is 112 Å². The van der Waals surface area contributed by atoms with Gasteiger partial charge < -0.3 is 0 Å². The second kappa shape index (κ2) is 14.7. The number of carbonyl (C=O) groups is 1. The lowest BCUT2D eigenvalue weighted by Gasteiger charge is -2.46. The number of piperazine rings is 1. The van der Waals surface area contributed by atoms with Crippen LogP contribution in [-0.4, -0.2) is 53.3 Å². The van der Waals surface area contributed by atoms with Crippen LogP contribution in [0.25, 0.3) is 0 Å². The molecular formula is C30H52N2O. The average Bonchev–Trinajstić information content (AvgIpc) is 2.71. The zero-order chi connectivity index (χ0) is 25.0. The number of nitrogens with zero attached hydrogens (tertiary/aromatic N) is 2. The highest BCUT2D eigenvalue weighted by Gasteiger charge is 2.35. The topological polar surface area (TPSA) is 23.6 Å². The third kappa shape index (κ3) is 12.5. The van der Waals surface area contributed by atoms with Gasteiger partial charge in [0, 0.05) is 31.7 Å². The first-order chi connectivity index (χ1) is 15.4. The number of allylic oxidation sites excluding steroid dienone is 7. The van der Waals surface area contributed by atoms with Gasteiger partial charge in [-0.3, -0.25) is 14.6 Å². The highest BCUT2D eigenvalue weighted by Crippen LogP contribution is 2.22. The molecule has 0 aromatic rings. The van der Waals surface area contributed by atoms with Crippen molar-refractivity contribution in [3.8, 4) is 0 Å². The van der Waals surface area contributed by atoms with E-state index in [2.05, 4.69) is 89.5 Å². The van der Waals surface area contributed by atoms with Gasteiger partial charge in [0.25, 0.3) is 0 Å². The predicted molar refractivity (Wildman–Crippen MR) is 146 cm³/mol. The molecule has 3 nitrogen and oxygen atoms in total. The van der Waals surface area contributed by atoms with Gasteiger partial charge in [-0.1, -0.05) is 46.6 Å². The smallest absolute Gasteiger partial charge is 0.148 e. The molecule has 0 aromatic heterocycles. The second-order valence-corrected chi connectivity index (χ2v) is 11.3. The van der Waals surface area contributed by atoms with Gasteiger partial charge in [-0.05, 0) is 101 Å². The van der Waals surface area contributed by atoms with Crippen LogP contribution in [0.5, 0.6) is 0 Å². The van der Waals surface area contributed by atoms with E-state index in [4.69, 9.17) is 0 Å². The van der Waals surface area contributed by atoms with Crippen LogP contribution >= 0.6 is 0 Å². The van der Waals surface area contributed by atoms with E-state index in [1.165, 1.54) is 28.7 Å². The summed E-state index contributed by atoms with van der Waals surface area (Å²) >= 11 is 0. The Balaban J connectivity index is 2.39. The number of ketones is 1. The summed E-state index contributed by atoms with van der Waals surface area (Å²) < 4.78 is 0. The van der Waals surface area contributed by atoms with Crippen LogP contribution in [0.2, 0.25) is 0 Å². The summed E-state index contributed by atoms with van der Waals surface area (Å²) in [6.45, 7) is 23.3. The molecule has 1 rings (SSSR count). The van der Waals surface area contributed by atoms with Crippen LogP contribution in [0.3, 0.4) is 0 Å². The van der Waals surface area contributed by atoms with Crippen LogP contribution in [0.4, 0.5) is 0 Å². The quantitative estimate of drug-likeness (QED) is 0.284. The van der Waals surface area contributed by atoms with E-state index in [-0.39, 0.29) is 17.4 Å². The molecule has 0 spiro atoms. The number of hydrogen-bond donors (Lipinski definition) is 0. The Morgan fingerprint density at radius 3 is 1.70 bits per heavy atom. The molecule has 0 saturated carbocycles. The van der Waals surface area contributed by atoms with Gasteiger partial charge in [0.05, 0.1) is 6.04 Å². The van der Waals surface area contributed by atoms with Gasteiger partial charge in [0.2, 0.25) is 0 Å². The standard InChI is InChI=1S/C30H52N2O/c1-24(2)13-10-14-25(3)15-11-16-26(4)17-12-18-27(5)19-20-31-21-22-32(30(7,8)9)29(23-31)28(6)33/h13,15,17,19,29H,10-12,14,16,18,20-23H2,1-9H3/b25-15+,26-17+,27-19+. The Morgan fingerprint density at radius 2 is 1.24 bits per heavy atom. The van der Waals surface area contributed by atoms with E-state index in [9.17, 15) is 4.79 Å². The first kappa shape index (κ1) is 29.6. The highest BCUT2D eigenvalue weighted by molar-refractivity contribution is 5.82. The summed E-state index contributed by atoms with van der Waals surface area (Å²) in [6, 6.07) is 0.0166. The normalized spacial score (nSPS) is 19.7. The number of carbonyl (C=O) groups excluding carboxylic acids is 1. The van der Waals surface area contributed by atoms with E-state index < -0.39 is 0 Å². The zero-order valence-corrected chi connectivity index (χ0v) is 23.3. The fourth-order valence-corrected chi connectivity index (χ4v) is 4.43. The van der Waals surface area contributed by atoms with Crippen LogP contribution in [0.15, 0.2) is 46.6 Å². The SMILES string of the molecule is CC(=O)C1CN(C/C=C(\C)CC/C=C(\C)CC/C=C(\C)CCC=C(C)C)CCN1C(C)(C)C. The lowest BCUT2D eigenvalue weighted by atomic mass is 9.98. The lowest BCUT2D eigenvalue weighted by molar-refractivity contribution is -0.127. The van der Waals surface area contributed by atoms with Crippen molar-refractivity contribution in [1.29, 1.82) is 0 Å². The Bertz CT molecular complexity index is 729. The van der Waals surface area contributed by atoms with E-state index in [1.807, 2.05) is 0 Å². The fraction of sp³-hybridized carbons (Fsp3) is 0.700. The number of hydrogen-bond acceptors (Lipinski definition) is 3. The number of rotatable bonds is 12. The summed E-state index contributed by atoms with van der Waals surface area (Å²) in [5, 5.41) is 0. The molecule has 1 atom stereocenters. The minimum atomic E-state index is 0.0166. The van der Waals surface area contributed by atoms with Gasteiger partial charge in [0.15, 0.2) is 0 Å². The molecule has 3 heteroatoms. The van der Waals surface area contributed by atoms with E-state index in [1.54, 1.807) is 6.92 Å². The zero-order valence-electron chi connectivity index (χ0n) is 23.3. The summed E-state index contributed by atoms with van der Waals surface area (Å²) in [5.74, 6) is 0.286. The van der Waals surface area contributed by atoms with Gasteiger partial charge >= 0.3 is 0 Å². The van der Waals surface area contributed by atoms with Crippen molar-refractivity contribution in [2.75, 3.05) is 26.2 Å². The van der Waals surface area contributed by atoms with Crippen molar-refractivity contribution < 1.29 is 4.79 Å². The second-order valence-electron chi connectivity index (χ2n) is 11.3. The van der Waals surface area contributed by atoms with Crippen molar-refractivity contribution >= 4 is 5.78 Å².